The lowest BCUT2D eigenvalue weighted by Crippen LogP contribution is -2.51. The molecule has 206 valence electrons. The Labute approximate surface area is 226 Å². The van der Waals surface area contributed by atoms with Crippen LogP contribution < -0.4 is 0 Å². The number of piperidine rings is 1. The second-order valence-corrected chi connectivity index (χ2v) is 11.6. The highest BCUT2D eigenvalue weighted by Crippen LogP contribution is 2.40. The number of carbonyl (C=O) groups excluding carboxylic acids is 1. The molecule has 0 radical (unpaired) electrons. The van der Waals surface area contributed by atoms with E-state index in [0.717, 1.165) is 70.4 Å². The fourth-order valence-electron chi connectivity index (χ4n) is 6.78. The minimum Gasteiger partial charge on any atom is -0.461 e. The van der Waals surface area contributed by atoms with Crippen molar-refractivity contribution < 1.29 is 18.3 Å². The summed E-state index contributed by atoms with van der Waals surface area (Å²) < 4.78 is 32.4. The Hall–Kier alpha value is -2.31. The Morgan fingerprint density at radius 3 is 2.45 bits per heavy atom. The second-order valence-electron chi connectivity index (χ2n) is 11.6. The summed E-state index contributed by atoms with van der Waals surface area (Å²) in [6, 6.07) is 15.6. The van der Waals surface area contributed by atoms with Crippen LogP contribution in [-0.2, 0) is 16.0 Å². The molecule has 0 bridgehead atoms. The molecule has 2 saturated heterocycles. The van der Waals surface area contributed by atoms with Gasteiger partial charge in [0.2, 0.25) is 0 Å². The van der Waals surface area contributed by atoms with E-state index in [1.54, 1.807) is 6.07 Å². The number of benzene rings is 2. The van der Waals surface area contributed by atoms with Crippen LogP contribution >= 0.6 is 0 Å². The first kappa shape index (κ1) is 27.3. The summed E-state index contributed by atoms with van der Waals surface area (Å²) in [6.07, 6.45) is 8.00. The SMILES string of the molecule is CCC(=O)OC1CCC1N1CC(CN2CCC(CCCc3ccc(F)c(F)c3)CC2)C(c2ccccc2)C1. The third-order valence-corrected chi connectivity index (χ3v) is 9.18. The van der Waals surface area contributed by atoms with Gasteiger partial charge in [-0.05, 0) is 86.7 Å². The average Bonchev–Trinajstić information content (AvgIpc) is 3.32. The van der Waals surface area contributed by atoms with Gasteiger partial charge in [0.15, 0.2) is 11.6 Å². The lowest BCUT2D eigenvalue weighted by molar-refractivity contribution is -0.159. The average molecular weight is 525 g/mol. The number of rotatable bonds is 10. The number of esters is 1. The predicted octanol–water partition coefficient (Wildman–Crippen LogP) is 6.20. The third kappa shape index (κ3) is 6.63. The van der Waals surface area contributed by atoms with Crippen molar-refractivity contribution in [2.45, 2.75) is 76.4 Å². The molecule has 2 aliphatic heterocycles. The van der Waals surface area contributed by atoms with Gasteiger partial charge in [-0.3, -0.25) is 9.69 Å². The molecule has 2 aromatic carbocycles. The number of hydrogen-bond acceptors (Lipinski definition) is 4. The van der Waals surface area contributed by atoms with E-state index < -0.39 is 11.6 Å². The van der Waals surface area contributed by atoms with Gasteiger partial charge in [-0.15, -0.1) is 0 Å². The molecular weight excluding hydrogens is 482 g/mol. The summed E-state index contributed by atoms with van der Waals surface area (Å²) in [5.41, 5.74) is 2.31. The summed E-state index contributed by atoms with van der Waals surface area (Å²) in [4.78, 5) is 17.2. The molecule has 1 saturated carbocycles. The van der Waals surface area contributed by atoms with Crippen molar-refractivity contribution in [2.24, 2.45) is 11.8 Å². The largest absolute Gasteiger partial charge is 0.461 e. The molecule has 4 unspecified atom stereocenters. The van der Waals surface area contributed by atoms with E-state index in [-0.39, 0.29) is 12.1 Å². The van der Waals surface area contributed by atoms with Crippen LogP contribution in [0.3, 0.4) is 0 Å². The zero-order valence-electron chi connectivity index (χ0n) is 22.7. The zero-order chi connectivity index (χ0) is 26.5. The summed E-state index contributed by atoms with van der Waals surface area (Å²) >= 11 is 0. The molecule has 4 atom stereocenters. The monoisotopic (exact) mass is 524 g/mol. The van der Waals surface area contributed by atoms with E-state index in [2.05, 4.69) is 40.1 Å². The predicted molar refractivity (Wildman–Crippen MR) is 146 cm³/mol. The normalized spacial score (nSPS) is 26.8. The minimum atomic E-state index is -0.770. The van der Waals surface area contributed by atoms with Gasteiger partial charge in [-0.25, -0.2) is 8.78 Å². The van der Waals surface area contributed by atoms with E-state index in [1.807, 2.05) is 6.92 Å². The lowest BCUT2D eigenvalue weighted by atomic mass is 9.86. The number of carbonyl (C=O) groups is 1. The summed E-state index contributed by atoms with van der Waals surface area (Å²) in [5.74, 6) is 0.199. The van der Waals surface area contributed by atoms with E-state index in [9.17, 15) is 13.6 Å². The fourth-order valence-corrected chi connectivity index (χ4v) is 6.78. The van der Waals surface area contributed by atoms with Crippen molar-refractivity contribution in [1.82, 2.24) is 9.80 Å². The molecule has 1 aliphatic carbocycles. The third-order valence-electron chi connectivity index (χ3n) is 9.18. The van der Waals surface area contributed by atoms with Crippen LogP contribution in [0, 0.1) is 23.5 Å². The van der Waals surface area contributed by atoms with Gasteiger partial charge in [0.1, 0.15) is 6.10 Å². The molecule has 2 heterocycles. The Bertz CT molecular complexity index is 1060. The number of halogens is 2. The summed E-state index contributed by atoms with van der Waals surface area (Å²) in [6.45, 7) is 7.35. The number of ether oxygens (including phenoxy) is 1. The maximum atomic E-state index is 13.5. The number of likely N-dealkylation sites (tertiary alicyclic amines) is 2. The zero-order valence-corrected chi connectivity index (χ0v) is 22.7. The quantitative estimate of drug-likeness (QED) is 0.347. The molecule has 4 nitrogen and oxygen atoms in total. The van der Waals surface area contributed by atoms with Crippen LogP contribution in [-0.4, -0.2) is 60.6 Å². The molecule has 0 N–H and O–H groups in total. The van der Waals surface area contributed by atoms with Gasteiger partial charge < -0.3 is 9.64 Å². The van der Waals surface area contributed by atoms with Crippen LogP contribution in [0.15, 0.2) is 48.5 Å². The smallest absolute Gasteiger partial charge is 0.305 e. The Kier molecular flexibility index (Phi) is 9.11. The van der Waals surface area contributed by atoms with Crippen LogP contribution in [0.2, 0.25) is 0 Å². The molecule has 2 aromatic rings. The summed E-state index contributed by atoms with van der Waals surface area (Å²) in [7, 11) is 0. The van der Waals surface area contributed by atoms with Gasteiger partial charge in [0.05, 0.1) is 0 Å². The first-order chi connectivity index (χ1) is 18.5. The van der Waals surface area contributed by atoms with Crippen molar-refractivity contribution in [2.75, 3.05) is 32.7 Å². The molecule has 0 amide bonds. The maximum absolute atomic E-state index is 13.5. The fraction of sp³-hybridized carbons (Fsp3) is 0.594. The molecule has 0 spiro atoms. The molecule has 5 rings (SSSR count). The molecular formula is C32H42F2N2O2. The van der Waals surface area contributed by atoms with Crippen LogP contribution in [0.25, 0.3) is 0 Å². The number of nitrogens with zero attached hydrogens (tertiary/aromatic N) is 2. The van der Waals surface area contributed by atoms with Crippen molar-refractivity contribution in [3.05, 3.63) is 71.3 Å². The van der Waals surface area contributed by atoms with Crippen LogP contribution in [0.4, 0.5) is 8.78 Å². The van der Waals surface area contributed by atoms with Gasteiger partial charge in [0, 0.05) is 38.0 Å². The summed E-state index contributed by atoms with van der Waals surface area (Å²) in [5, 5.41) is 0. The lowest BCUT2D eigenvalue weighted by Gasteiger charge is -2.42. The topological polar surface area (TPSA) is 32.8 Å². The highest BCUT2D eigenvalue weighted by atomic mass is 19.2. The maximum Gasteiger partial charge on any atom is 0.305 e. The van der Waals surface area contributed by atoms with Crippen molar-refractivity contribution in [1.29, 1.82) is 0 Å². The second kappa shape index (κ2) is 12.7. The van der Waals surface area contributed by atoms with Crippen LogP contribution in [0.1, 0.15) is 68.9 Å². The molecule has 3 aliphatic rings. The number of aryl methyl sites for hydroxylation is 1. The van der Waals surface area contributed by atoms with E-state index in [1.165, 1.54) is 30.5 Å². The Morgan fingerprint density at radius 2 is 1.76 bits per heavy atom. The molecule has 3 fully saturated rings. The van der Waals surface area contributed by atoms with Crippen molar-refractivity contribution in [3.63, 3.8) is 0 Å². The highest BCUT2D eigenvalue weighted by Gasteiger charge is 2.44. The minimum absolute atomic E-state index is 0.0553. The molecule has 38 heavy (non-hydrogen) atoms. The van der Waals surface area contributed by atoms with E-state index in [0.29, 0.717) is 30.2 Å². The first-order valence-corrected chi connectivity index (χ1v) is 14.6. The Morgan fingerprint density at radius 1 is 0.974 bits per heavy atom. The van der Waals surface area contributed by atoms with E-state index in [4.69, 9.17) is 4.74 Å². The molecule has 0 aromatic heterocycles. The number of hydrogen-bond donors (Lipinski definition) is 0. The Balaban J connectivity index is 1.12. The van der Waals surface area contributed by atoms with Gasteiger partial charge in [-0.1, -0.05) is 49.7 Å². The van der Waals surface area contributed by atoms with Crippen molar-refractivity contribution >= 4 is 5.97 Å². The van der Waals surface area contributed by atoms with Crippen LogP contribution in [0.5, 0.6) is 0 Å². The van der Waals surface area contributed by atoms with Gasteiger partial charge >= 0.3 is 5.97 Å². The highest BCUT2D eigenvalue weighted by molar-refractivity contribution is 5.69. The van der Waals surface area contributed by atoms with Gasteiger partial charge in [-0.2, -0.15) is 0 Å². The molecule has 6 heteroatoms. The van der Waals surface area contributed by atoms with Gasteiger partial charge in [0.25, 0.3) is 0 Å². The van der Waals surface area contributed by atoms with Crippen molar-refractivity contribution in [3.8, 4) is 0 Å². The standard InChI is InChI=1S/C32H42F2N2O2/c1-2-32(37)38-31-14-13-30(31)36-21-26(27(22-36)25-9-4-3-5-10-25)20-35-17-15-23(16-18-35)7-6-8-24-11-12-28(33)29(34)19-24/h3-5,9-12,19,23,26-27,30-31H,2,6-8,13-18,20-22H2,1H3. The van der Waals surface area contributed by atoms with E-state index >= 15 is 0 Å². The first-order valence-electron chi connectivity index (χ1n) is 14.6.